The van der Waals surface area contributed by atoms with E-state index in [1.165, 1.54) is 0 Å². The number of allylic oxidation sites excluding steroid dienone is 2. The summed E-state index contributed by atoms with van der Waals surface area (Å²) >= 11 is 0. The Morgan fingerprint density at radius 2 is 1.94 bits per heavy atom. The summed E-state index contributed by atoms with van der Waals surface area (Å²) in [5.74, 6) is 0.843. The Kier molecular flexibility index (Phi) is 4.07. The Hall–Kier alpha value is -0.870. The van der Waals surface area contributed by atoms with Crippen molar-refractivity contribution in [2.24, 2.45) is 17.3 Å². The van der Waals surface area contributed by atoms with E-state index < -0.39 is 0 Å². The van der Waals surface area contributed by atoms with Gasteiger partial charge in [-0.3, -0.25) is 4.79 Å². The van der Waals surface area contributed by atoms with Crippen LogP contribution in [0.4, 0.5) is 0 Å². The van der Waals surface area contributed by atoms with E-state index in [9.17, 15) is 15.0 Å². The van der Waals surface area contributed by atoms with Crippen molar-refractivity contribution >= 4 is 5.91 Å². The zero-order chi connectivity index (χ0) is 13.2. The minimum Gasteiger partial charge on any atom is -0.396 e. The first-order chi connectivity index (χ1) is 8.69. The molecule has 2 aliphatic rings. The van der Waals surface area contributed by atoms with Gasteiger partial charge < -0.3 is 15.1 Å². The molecule has 0 radical (unpaired) electrons. The van der Waals surface area contributed by atoms with Gasteiger partial charge in [0.15, 0.2) is 0 Å². The summed E-state index contributed by atoms with van der Waals surface area (Å²) < 4.78 is 0. The van der Waals surface area contributed by atoms with Crippen molar-refractivity contribution < 1.29 is 15.0 Å². The molecule has 2 fully saturated rings. The van der Waals surface area contributed by atoms with E-state index in [1.54, 1.807) is 0 Å². The van der Waals surface area contributed by atoms with Crippen LogP contribution in [-0.2, 0) is 4.79 Å². The minimum atomic E-state index is -0.290. The number of hydrogen-bond acceptors (Lipinski definition) is 3. The van der Waals surface area contributed by atoms with Crippen molar-refractivity contribution in [1.82, 2.24) is 4.90 Å². The van der Waals surface area contributed by atoms with Gasteiger partial charge in [0, 0.05) is 24.9 Å². The maximum atomic E-state index is 11.9. The first-order valence-electron chi connectivity index (χ1n) is 6.80. The third-order valence-corrected chi connectivity index (χ3v) is 4.63. The Bertz CT molecular complexity index is 322. The predicted molar refractivity (Wildman–Crippen MR) is 68.8 cm³/mol. The molecule has 1 saturated carbocycles. The van der Waals surface area contributed by atoms with E-state index in [-0.39, 0.29) is 24.5 Å². The number of aliphatic hydroxyl groups excluding tert-OH is 2. The third kappa shape index (κ3) is 2.19. The van der Waals surface area contributed by atoms with Gasteiger partial charge in [0.2, 0.25) is 5.91 Å². The molecular weight excluding hydrogens is 230 g/mol. The molecule has 2 unspecified atom stereocenters. The molecule has 2 N–H and O–H groups in total. The summed E-state index contributed by atoms with van der Waals surface area (Å²) in [4.78, 5) is 13.8. The molecule has 0 aromatic rings. The summed E-state index contributed by atoms with van der Waals surface area (Å²) in [6, 6.07) is 0. The summed E-state index contributed by atoms with van der Waals surface area (Å²) in [7, 11) is 0. The number of nitrogens with zero attached hydrogens (tertiary/aromatic N) is 1. The quantitative estimate of drug-likeness (QED) is 0.543. The summed E-state index contributed by atoms with van der Waals surface area (Å²) in [5.41, 5.74) is -0.290. The fourth-order valence-corrected chi connectivity index (χ4v) is 3.26. The van der Waals surface area contributed by atoms with Crippen LogP contribution in [0.5, 0.6) is 0 Å². The van der Waals surface area contributed by atoms with Crippen molar-refractivity contribution in [3.8, 4) is 0 Å². The van der Waals surface area contributed by atoms with Gasteiger partial charge in [-0.05, 0) is 31.6 Å². The summed E-state index contributed by atoms with van der Waals surface area (Å²) in [6.45, 7) is 3.51. The number of rotatable bonds is 6. The van der Waals surface area contributed by atoms with Crippen LogP contribution < -0.4 is 0 Å². The molecule has 0 spiro atoms. The zero-order valence-corrected chi connectivity index (χ0v) is 11.0. The molecule has 4 nitrogen and oxygen atoms in total. The van der Waals surface area contributed by atoms with Gasteiger partial charge in [-0.1, -0.05) is 12.2 Å². The Balaban J connectivity index is 1.74. The highest BCUT2D eigenvalue weighted by Crippen LogP contribution is 2.61. The number of hydrogen-bond donors (Lipinski definition) is 2. The molecule has 18 heavy (non-hydrogen) atoms. The molecule has 0 aromatic carbocycles. The highest BCUT2D eigenvalue weighted by molar-refractivity contribution is 5.76. The van der Waals surface area contributed by atoms with Gasteiger partial charge in [-0.2, -0.15) is 0 Å². The van der Waals surface area contributed by atoms with Crippen molar-refractivity contribution in [2.75, 3.05) is 26.3 Å². The smallest absolute Gasteiger partial charge is 0.222 e. The topological polar surface area (TPSA) is 60.8 Å². The number of unbranched alkanes of at least 4 members (excludes halogenated alkanes) is 1. The third-order valence-electron chi connectivity index (χ3n) is 4.63. The van der Waals surface area contributed by atoms with Crippen LogP contribution >= 0.6 is 0 Å². The van der Waals surface area contributed by atoms with Gasteiger partial charge in [-0.25, -0.2) is 0 Å². The van der Waals surface area contributed by atoms with Gasteiger partial charge in [-0.15, -0.1) is 0 Å². The fraction of sp³-hybridized carbons (Fsp3) is 0.786. The number of carbonyl (C=O) groups is 1. The maximum absolute atomic E-state index is 11.9. The van der Waals surface area contributed by atoms with Crippen LogP contribution in [0.15, 0.2) is 12.2 Å². The second-order valence-electron chi connectivity index (χ2n) is 5.52. The monoisotopic (exact) mass is 253 g/mol. The molecule has 4 heteroatoms. The number of aliphatic hydroxyl groups is 2. The van der Waals surface area contributed by atoms with Crippen LogP contribution in [0.2, 0.25) is 0 Å². The molecule has 1 heterocycles. The molecule has 2 atom stereocenters. The number of likely N-dealkylation sites (tertiary alicyclic amines) is 1. The number of fused-ring (bicyclic) bond motifs is 1. The second-order valence-corrected chi connectivity index (χ2v) is 5.52. The minimum absolute atomic E-state index is 0.0438. The maximum Gasteiger partial charge on any atom is 0.222 e. The average Bonchev–Trinajstić information content (AvgIpc) is 2.76. The highest BCUT2D eigenvalue weighted by Gasteiger charge is 2.67. The molecule has 2 rings (SSSR count). The first kappa shape index (κ1) is 13.6. The number of carbonyl (C=O) groups excluding carboxylic acids is 1. The number of amides is 1. The van der Waals surface area contributed by atoms with Crippen LogP contribution in [0.1, 0.15) is 26.2 Å². The summed E-state index contributed by atoms with van der Waals surface area (Å²) in [6.07, 6.45) is 6.55. The molecule has 1 saturated heterocycles. The molecular formula is C14H23NO3. The fourth-order valence-electron chi connectivity index (χ4n) is 3.26. The predicted octanol–water partition coefficient (Wildman–Crippen LogP) is 0.792. The Labute approximate surface area is 108 Å². The van der Waals surface area contributed by atoms with E-state index in [4.69, 9.17) is 0 Å². The molecule has 102 valence electrons. The van der Waals surface area contributed by atoms with E-state index in [0.717, 1.165) is 12.8 Å². The van der Waals surface area contributed by atoms with Crippen LogP contribution in [0, 0.1) is 17.3 Å². The van der Waals surface area contributed by atoms with E-state index in [1.807, 2.05) is 17.9 Å². The van der Waals surface area contributed by atoms with Crippen molar-refractivity contribution in [2.45, 2.75) is 26.2 Å². The van der Waals surface area contributed by atoms with Crippen molar-refractivity contribution in [1.29, 1.82) is 0 Å². The van der Waals surface area contributed by atoms with E-state index in [2.05, 4.69) is 6.08 Å². The first-order valence-corrected chi connectivity index (χ1v) is 6.80. The lowest BCUT2D eigenvalue weighted by atomic mass is 10.0. The van der Waals surface area contributed by atoms with E-state index in [0.29, 0.717) is 31.3 Å². The zero-order valence-electron chi connectivity index (χ0n) is 11.0. The number of piperidine rings is 1. The van der Waals surface area contributed by atoms with E-state index >= 15 is 0 Å². The van der Waals surface area contributed by atoms with Gasteiger partial charge >= 0.3 is 0 Å². The van der Waals surface area contributed by atoms with Crippen LogP contribution in [-0.4, -0.2) is 47.3 Å². The lowest BCUT2D eigenvalue weighted by Crippen LogP contribution is -2.36. The van der Waals surface area contributed by atoms with Gasteiger partial charge in [0.1, 0.15) is 0 Å². The molecule has 0 bridgehead atoms. The lowest BCUT2D eigenvalue weighted by molar-refractivity contribution is -0.131. The Morgan fingerprint density at radius 1 is 1.33 bits per heavy atom. The van der Waals surface area contributed by atoms with Gasteiger partial charge in [0.05, 0.1) is 13.2 Å². The highest BCUT2D eigenvalue weighted by atomic mass is 16.3. The molecule has 1 aliphatic carbocycles. The average molecular weight is 253 g/mol. The van der Waals surface area contributed by atoms with Crippen LogP contribution in [0.3, 0.4) is 0 Å². The standard InChI is InChI=1S/C14H23NO3/c1-2-3-4-5-6-13(18)15-7-11-12(8-15)14(11,9-16)10-17/h2-3,11-12,16-17H,4-10H2,1H3/b3-2+. The van der Waals surface area contributed by atoms with Gasteiger partial charge in [0.25, 0.3) is 0 Å². The molecule has 1 aliphatic heterocycles. The van der Waals surface area contributed by atoms with Crippen molar-refractivity contribution in [3.05, 3.63) is 12.2 Å². The second kappa shape index (κ2) is 5.41. The largest absolute Gasteiger partial charge is 0.396 e. The van der Waals surface area contributed by atoms with Crippen LogP contribution in [0.25, 0.3) is 0 Å². The SMILES string of the molecule is C/C=C/CCCC(=O)N1CC2C(C1)C2(CO)CO. The molecule has 0 aromatic heterocycles. The summed E-state index contributed by atoms with van der Waals surface area (Å²) in [5, 5.41) is 18.6. The normalized spacial score (nSPS) is 28.7. The van der Waals surface area contributed by atoms with Crippen molar-refractivity contribution in [3.63, 3.8) is 0 Å². The molecule has 1 amide bonds. The Morgan fingerprint density at radius 3 is 2.44 bits per heavy atom. The lowest BCUT2D eigenvalue weighted by Gasteiger charge is -2.24.